The van der Waals surface area contributed by atoms with Gasteiger partial charge < -0.3 is 15.5 Å². The smallest absolute Gasteiger partial charge is 0.237 e. The molecule has 148 valence electrons. The van der Waals surface area contributed by atoms with Crippen molar-refractivity contribution in [3.05, 3.63) is 36.0 Å². The number of hydrogen-bond acceptors (Lipinski definition) is 5. The molecule has 0 spiro atoms. The summed E-state index contributed by atoms with van der Waals surface area (Å²) in [5.41, 5.74) is 2.39. The molecular formula is C22H29N5O. The van der Waals surface area contributed by atoms with Crippen LogP contribution < -0.4 is 15.5 Å². The highest BCUT2D eigenvalue weighted by Gasteiger charge is 2.29. The number of likely N-dealkylation sites (N-methyl/N-ethyl adjacent to an activating group) is 1. The minimum absolute atomic E-state index is 0.0582. The Morgan fingerprint density at radius 3 is 2.79 bits per heavy atom. The molecular weight excluding hydrogens is 350 g/mol. The van der Waals surface area contributed by atoms with Crippen molar-refractivity contribution in [2.45, 2.75) is 39.3 Å². The van der Waals surface area contributed by atoms with Gasteiger partial charge in [-0.1, -0.05) is 20.8 Å². The second-order valence-corrected chi connectivity index (χ2v) is 8.11. The van der Waals surface area contributed by atoms with Gasteiger partial charge in [-0.25, -0.2) is 0 Å². The lowest BCUT2D eigenvalue weighted by atomic mass is 9.93. The number of aromatic nitrogens is 1. The van der Waals surface area contributed by atoms with Crippen LogP contribution in [0.2, 0.25) is 0 Å². The quantitative estimate of drug-likeness (QED) is 0.835. The fraction of sp³-hybridized carbons (Fsp3) is 0.500. The van der Waals surface area contributed by atoms with E-state index in [0.717, 1.165) is 36.1 Å². The molecule has 1 aliphatic heterocycles. The van der Waals surface area contributed by atoms with E-state index in [-0.39, 0.29) is 23.9 Å². The van der Waals surface area contributed by atoms with Crippen molar-refractivity contribution in [2.75, 3.05) is 25.0 Å². The monoisotopic (exact) mass is 379 g/mol. The van der Waals surface area contributed by atoms with Crippen LogP contribution >= 0.6 is 0 Å². The highest BCUT2D eigenvalue weighted by atomic mass is 16.2. The molecule has 3 rings (SSSR count). The summed E-state index contributed by atoms with van der Waals surface area (Å²) in [6.07, 6.45) is 2.68. The van der Waals surface area contributed by atoms with Crippen LogP contribution in [-0.2, 0) is 4.79 Å². The number of fused-ring (bicyclic) bond motifs is 1. The van der Waals surface area contributed by atoms with Gasteiger partial charge in [0.15, 0.2) is 0 Å². The largest absolute Gasteiger partial charge is 0.369 e. The topological polar surface area (TPSA) is 81.0 Å². The van der Waals surface area contributed by atoms with Crippen molar-refractivity contribution in [1.29, 1.82) is 5.26 Å². The van der Waals surface area contributed by atoms with Gasteiger partial charge in [-0.15, -0.1) is 0 Å². The lowest BCUT2D eigenvalue weighted by molar-refractivity contribution is -0.124. The standard InChI is InChI=1S/C22H29N5O/c1-14(2)20(24-4)22(28)26-17-10-15(3)12-27(13-17)19-8-7-16(11-23)21-18(19)6-5-9-25-21/h5-9,14-15,17,20,24H,10,12-13H2,1-4H3,(H,26,28)/t15-,17+,20-/m0/s1. The van der Waals surface area contributed by atoms with Gasteiger partial charge in [-0.05, 0) is 49.6 Å². The van der Waals surface area contributed by atoms with E-state index in [0.29, 0.717) is 11.5 Å². The van der Waals surface area contributed by atoms with E-state index in [4.69, 9.17) is 0 Å². The molecule has 0 radical (unpaired) electrons. The Bertz CT molecular complexity index is 888. The Kier molecular flexibility index (Phi) is 6.15. The van der Waals surface area contributed by atoms with Crippen molar-refractivity contribution < 1.29 is 4.79 Å². The summed E-state index contributed by atoms with van der Waals surface area (Å²) in [7, 11) is 1.83. The number of carbonyl (C=O) groups excluding carboxylic acids is 1. The SMILES string of the molecule is CN[C@H](C(=O)N[C@@H]1C[C@H](C)CN(c2ccc(C#N)c3ncccc23)C1)C(C)C. The Morgan fingerprint density at radius 1 is 1.32 bits per heavy atom. The van der Waals surface area contributed by atoms with Gasteiger partial charge in [0.1, 0.15) is 6.07 Å². The first kappa shape index (κ1) is 20.1. The molecule has 6 heteroatoms. The molecule has 1 amide bonds. The maximum absolute atomic E-state index is 12.7. The summed E-state index contributed by atoms with van der Waals surface area (Å²) in [6, 6.07) is 9.89. The van der Waals surface area contributed by atoms with Crippen LogP contribution in [0.25, 0.3) is 10.9 Å². The maximum atomic E-state index is 12.7. The number of amides is 1. The molecule has 1 aromatic heterocycles. The van der Waals surface area contributed by atoms with Crippen LogP contribution in [0.1, 0.15) is 32.8 Å². The number of rotatable bonds is 5. The van der Waals surface area contributed by atoms with Crippen molar-refractivity contribution in [3.63, 3.8) is 0 Å². The van der Waals surface area contributed by atoms with Gasteiger partial charge in [-0.2, -0.15) is 5.26 Å². The minimum atomic E-state index is -0.189. The second kappa shape index (κ2) is 8.57. The molecule has 1 aromatic carbocycles. The van der Waals surface area contributed by atoms with Crippen LogP contribution in [0, 0.1) is 23.2 Å². The molecule has 2 heterocycles. The fourth-order valence-electron chi connectivity index (χ4n) is 4.23. The molecule has 2 aromatic rings. The molecule has 0 aliphatic carbocycles. The van der Waals surface area contributed by atoms with E-state index < -0.39 is 0 Å². The van der Waals surface area contributed by atoms with Crippen molar-refractivity contribution in [1.82, 2.24) is 15.6 Å². The van der Waals surface area contributed by atoms with E-state index in [2.05, 4.69) is 33.5 Å². The van der Waals surface area contributed by atoms with E-state index in [1.165, 1.54) is 0 Å². The second-order valence-electron chi connectivity index (χ2n) is 8.11. The summed E-state index contributed by atoms with van der Waals surface area (Å²) in [4.78, 5) is 19.4. The van der Waals surface area contributed by atoms with Gasteiger partial charge >= 0.3 is 0 Å². The first-order valence-corrected chi connectivity index (χ1v) is 9.95. The first-order chi connectivity index (χ1) is 13.4. The van der Waals surface area contributed by atoms with Crippen molar-refractivity contribution in [3.8, 4) is 6.07 Å². The third kappa shape index (κ3) is 4.10. The molecule has 0 bridgehead atoms. The lowest BCUT2D eigenvalue weighted by Crippen LogP contribution is -2.55. The zero-order valence-corrected chi connectivity index (χ0v) is 17.1. The number of anilines is 1. The highest BCUT2D eigenvalue weighted by Crippen LogP contribution is 2.31. The number of nitriles is 1. The summed E-state index contributed by atoms with van der Waals surface area (Å²) in [6.45, 7) is 7.98. The average Bonchev–Trinajstić information content (AvgIpc) is 2.66. The van der Waals surface area contributed by atoms with E-state index in [1.54, 1.807) is 6.20 Å². The molecule has 2 N–H and O–H groups in total. The Morgan fingerprint density at radius 2 is 2.11 bits per heavy atom. The Labute approximate surface area is 166 Å². The predicted octanol–water partition coefficient (Wildman–Crippen LogP) is 2.68. The van der Waals surface area contributed by atoms with Crippen molar-refractivity contribution in [2.24, 2.45) is 11.8 Å². The minimum Gasteiger partial charge on any atom is -0.369 e. The van der Waals surface area contributed by atoms with Gasteiger partial charge in [-0.3, -0.25) is 9.78 Å². The molecule has 3 atom stereocenters. The average molecular weight is 380 g/mol. The van der Waals surface area contributed by atoms with Crippen LogP contribution in [0.5, 0.6) is 0 Å². The summed E-state index contributed by atoms with van der Waals surface area (Å²) in [5, 5.41) is 16.7. The third-order valence-electron chi connectivity index (χ3n) is 5.47. The van der Waals surface area contributed by atoms with Crippen LogP contribution in [0.4, 0.5) is 5.69 Å². The number of hydrogen-bond donors (Lipinski definition) is 2. The molecule has 1 aliphatic rings. The van der Waals surface area contributed by atoms with Gasteiger partial charge in [0.05, 0.1) is 17.1 Å². The van der Waals surface area contributed by atoms with E-state index in [1.807, 2.05) is 45.2 Å². The lowest BCUT2D eigenvalue weighted by Gasteiger charge is -2.39. The van der Waals surface area contributed by atoms with Gasteiger partial charge in [0.2, 0.25) is 5.91 Å². The molecule has 28 heavy (non-hydrogen) atoms. The van der Waals surface area contributed by atoms with Crippen LogP contribution in [-0.4, -0.2) is 43.1 Å². The number of pyridine rings is 1. The molecule has 0 saturated carbocycles. The first-order valence-electron chi connectivity index (χ1n) is 9.95. The van der Waals surface area contributed by atoms with Crippen LogP contribution in [0.3, 0.4) is 0 Å². The number of carbonyl (C=O) groups is 1. The Balaban J connectivity index is 1.85. The Hall–Kier alpha value is -2.65. The summed E-state index contributed by atoms with van der Waals surface area (Å²) < 4.78 is 0. The number of benzene rings is 1. The zero-order valence-electron chi connectivity index (χ0n) is 17.1. The zero-order chi connectivity index (χ0) is 20.3. The predicted molar refractivity (Wildman–Crippen MR) is 112 cm³/mol. The van der Waals surface area contributed by atoms with Crippen LogP contribution in [0.15, 0.2) is 30.5 Å². The molecule has 6 nitrogen and oxygen atoms in total. The molecule has 0 unspecified atom stereocenters. The van der Waals surface area contributed by atoms with E-state index >= 15 is 0 Å². The number of nitrogens with one attached hydrogen (secondary N) is 2. The summed E-state index contributed by atoms with van der Waals surface area (Å²) >= 11 is 0. The van der Waals surface area contributed by atoms with Gasteiger partial charge in [0.25, 0.3) is 0 Å². The third-order valence-corrected chi connectivity index (χ3v) is 5.47. The number of nitrogens with zero attached hydrogens (tertiary/aromatic N) is 3. The highest BCUT2D eigenvalue weighted by molar-refractivity contribution is 5.95. The van der Waals surface area contributed by atoms with E-state index in [9.17, 15) is 10.1 Å². The molecule has 1 fully saturated rings. The maximum Gasteiger partial charge on any atom is 0.237 e. The van der Waals surface area contributed by atoms with Crippen molar-refractivity contribution >= 4 is 22.5 Å². The fourth-order valence-corrected chi connectivity index (χ4v) is 4.23. The summed E-state index contributed by atoms with van der Waals surface area (Å²) in [5.74, 6) is 0.743. The molecule has 1 saturated heterocycles. The normalized spacial score (nSPS) is 20.8. The number of piperidine rings is 1. The van der Waals surface area contributed by atoms with Gasteiger partial charge in [0, 0.05) is 36.4 Å².